The molecular weight excluding hydrogens is 308 g/mol. The van der Waals surface area contributed by atoms with E-state index in [1.54, 1.807) is 0 Å². The first kappa shape index (κ1) is 15.4. The molecule has 0 unspecified atom stereocenters. The summed E-state index contributed by atoms with van der Waals surface area (Å²) in [6.45, 7) is 0. The Morgan fingerprint density at radius 3 is 2.71 bits per heavy atom. The van der Waals surface area contributed by atoms with Gasteiger partial charge in [0.1, 0.15) is 0 Å². The Bertz CT molecular complexity index is 1000. The van der Waals surface area contributed by atoms with Crippen LogP contribution in [-0.4, -0.2) is 22.1 Å². The fourth-order valence-corrected chi connectivity index (χ4v) is 2.39. The summed E-state index contributed by atoms with van der Waals surface area (Å²) >= 11 is 0. The number of nitrogens with zero attached hydrogens (tertiary/aromatic N) is 1. The highest BCUT2D eigenvalue weighted by Crippen LogP contribution is 2.18. The fraction of sp³-hybridized carbons (Fsp3) is 0.0588. The van der Waals surface area contributed by atoms with Crippen molar-refractivity contribution in [2.75, 3.05) is 0 Å². The van der Waals surface area contributed by atoms with Crippen LogP contribution >= 0.6 is 0 Å². The summed E-state index contributed by atoms with van der Waals surface area (Å²) in [5, 5.41) is 5.83. The molecule has 7 heteroatoms. The highest BCUT2D eigenvalue weighted by atomic mass is 16.2. The molecule has 120 valence electrons. The molecule has 0 radical (unpaired) electrons. The van der Waals surface area contributed by atoms with Gasteiger partial charge in [-0.1, -0.05) is 42.5 Å². The molecule has 2 aromatic carbocycles. The number of benzene rings is 2. The van der Waals surface area contributed by atoms with Gasteiger partial charge in [-0.25, -0.2) is 10.2 Å². The molecule has 3 aromatic rings. The first-order valence-corrected chi connectivity index (χ1v) is 7.24. The normalized spacial score (nSPS) is 11.0. The smallest absolute Gasteiger partial charge is 0.306 e. The summed E-state index contributed by atoms with van der Waals surface area (Å²) in [5.74, 6) is -0.296. The predicted molar refractivity (Wildman–Crippen MR) is 91.1 cm³/mol. The fourth-order valence-electron chi connectivity index (χ4n) is 2.39. The van der Waals surface area contributed by atoms with Crippen LogP contribution in [0.4, 0.5) is 0 Å². The molecule has 3 N–H and O–H groups in total. The second-order valence-electron chi connectivity index (χ2n) is 5.15. The molecule has 7 nitrogen and oxygen atoms in total. The first-order chi connectivity index (χ1) is 11.6. The minimum absolute atomic E-state index is 0.171. The van der Waals surface area contributed by atoms with Crippen LogP contribution < -0.4 is 16.7 Å². The third-order valence-electron chi connectivity index (χ3n) is 3.41. The summed E-state index contributed by atoms with van der Waals surface area (Å²) in [6.07, 6.45) is 1.38. The first-order valence-electron chi connectivity index (χ1n) is 7.24. The molecular formula is C17H14N4O3. The van der Waals surface area contributed by atoms with Crippen molar-refractivity contribution >= 4 is 22.9 Å². The van der Waals surface area contributed by atoms with Crippen LogP contribution in [0.15, 0.2) is 63.2 Å². The number of hydrogen-bond donors (Lipinski definition) is 3. The van der Waals surface area contributed by atoms with Crippen LogP contribution in [0.5, 0.6) is 0 Å². The zero-order valence-electron chi connectivity index (χ0n) is 12.6. The van der Waals surface area contributed by atoms with Crippen molar-refractivity contribution in [3.05, 3.63) is 80.6 Å². The summed E-state index contributed by atoms with van der Waals surface area (Å²) in [7, 11) is 0. The number of rotatable bonds is 4. The van der Waals surface area contributed by atoms with Gasteiger partial charge < -0.3 is 4.98 Å². The van der Waals surface area contributed by atoms with E-state index >= 15 is 0 Å². The Labute approximate surface area is 136 Å². The monoisotopic (exact) mass is 322 g/mol. The van der Waals surface area contributed by atoms with Gasteiger partial charge in [0, 0.05) is 6.07 Å². The SMILES string of the molecule is O=C(Cc1cccc2ccccc12)NN=Cc1cc(=O)[nH]c(=O)[nH]1. The van der Waals surface area contributed by atoms with E-state index in [0.717, 1.165) is 16.3 Å². The number of carbonyl (C=O) groups is 1. The maximum absolute atomic E-state index is 12.0. The van der Waals surface area contributed by atoms with Gasteiger partial charge in [-0.15, -0.1) is 0 Å². The molecule has 0 saturated carbocycles. The largest absolute Gasteiger partial charge is 0.326 e. The number of aromatic amines is 2. The molecule has 1 amide bonds. The topological polar surface area (TPSA) is 107 Å². The number of hydrazone groups is 1. The average molecular weight is 322 g/mol. The van der Waals surface area contributed by atoms with Crippen molar-refractivity contribution in [1.82, 2.24) is 15.4 Å². The minimum Gasteiger partial charge on any atom is -0.306 e. The van der Waals surface area contributed by atoms with Crippen LogP contribution in [0.2, 0.25) is 0 Å². The number of fused-ring (bicyclic) bond motifs is 1. The zero-order valence-corrected chi connectivity index (χ0v) is 12.6. The van der Waals surface area contributed by atoms with Gasteiger partial charge in [0.15, 0.2) is 0 Å². The number of aromatic nitrogens is 2. The second kappa shape index (κ2) is 6.74. The molecule has 0 bridgehead atoms. The highest BCUT2D eigenvalue weighted by Gasteiger charge is 2.05. The van der Waals surface area contributed by atoms with Crippen LogP contribution in [-0.2, 0) is 11.2 Å². The van der Waals surface area contributed by atoms with Crippen LogP contribution in [0, 0.1) is 0 Å². The molecule has 0 aliphatic rings. The quantitative estimate of drug-likeness (QED) is 0.491. The van der Waals surface area contributed by atoms with Crippen molar-refractivity contribution < 1.29 is 4.79 Å². The summed E-state index contributed by atoms with van der Waals surface area (Å²) in [5.41, 5.74) is 2.30. The lowest BCUT2D eigenvalue weighted by molar-refractivity contribution is -0.120. The summed E-state index contributed by atoms with van der Waals surface area (Å²) in [4.78, 5) is 38.7. The second-order valence-corrected chi connectivity index (χ2v) is 5.15. The van der Waals surface area contributed by atoms with Crippen LogP contribution in [0.25, 0.3) is 10.8 Å². The van der Waals surface area contributed by atoms with Crippen LogP contribution in [0.3, 0.4) is 0 Å². The number of nitrogens with one attached hydrogen (secondary N) is 3. The average Bonchev–Trinajstić information content (AvgIpc) is 2.54. The zero-order chi connectivity index (χ0) is 16.9. The van der Waals surface area contributed by atoms with Crippen molar-refractivity contribution in [1.29, 1.82) is 0 Å². The lowest BCUT2D eigenvalue weighted by Crippen LogP contribution is -2.24. The van der Waals surface area contributed by atoms with Gasteiger partial charge in [0.2, 0.25) is 5.91 Å². The van der Waals surface area contributed by atoms with E-state index in [9.17, 15) is 14.4 Å². The Kier molecular flexibility index (Phi) is 4.33. The minimum atomic E-state index is -0.633. The third-order valence-corrected chi connectivity index (χ3v) is 3.41. The van der Waals surface area contributed by atoms with Crippen molar-refractivity contribution in [3.8, 4) is 0 Å². The van der Waals surface area contributed by atoms with Gasteiger partial charge in [-0.2, -0.15) is 5.10 Å². The van der Waals surface area contributed by atoms with E-state index in [2.05, 4.69) is 15.5 Å². The molecule has 0 aliphatic carbocycles. The van der Waals surface area contributed by atoms with Crippen molar-refractivity contribution in [2.24, 2.45) is 5.10 Å². The maximum atomic E-state index is 12.0. The predicted octanol–water partition coefficient (Wildman–Crippen LogP) is 0.909. The molecule has 0 fully saturated rings. The Balaban J connectivity index is 1.70. The van der Waals surface area contributed by atoms with Gasteiger partial charge >= 0.3 is 5.69 Å². The number of carbonyl (C=O) groups excluding carboxylic acids is 1. The lowest BCUT2D eigenvalue weighted by Gasteiger charge is -2.05. The summed E-state index contributed by atoms with van der Waals surface area (Å²) < 4.78 is 0. The number of amides is 1. The highest BCUT2D eigenvalue weighted by molar-refractivity contribution is 5.90. The summed E-state index contributed by atoms with van der Waals surface area (Å²) in [6, 6.07) is 14.7. The van der Waals surface area contributed by atoms with Gasteiger partial charge in [0.05, 0.1) is 18.3 Å². The Hall–Kier alpha value is -3.48. The molecule has 0 atom stereocenters. The van der Waals surface area contributed by atoms with Gasteiger partial charge in [-0.05, 0) is 16.3 Å². The van der Waals surface area contributed by atoms with Crippen molar-refractivity contribution in [3.63, 3.8) is 0 Å². The lowest BCUT2D eigenvalue weighted by atomic mass is 10.0. The number of H-pyrrole nitrogens is 2. The molecule has 3 rings (SSSR count). The Morgan fingerprint density at radius 2 is 1.88 bits per heavy atom. The van der Waals surface area contributed by atoms with E-state index in [1.807, 2.05) is 47.4 Å². The molecule has 1 aromatic heterocycles. The van der Waals surface area contributed by atoms with Crippen LogP contribution in [0.1, 0.15) is 11.3 Å². The molecule has 0 spiro atoms. The maximum Gasteiger partial charge on any atom is 0.326 e. The van der Waals surface area contributed by atoms with Crippen molar-refractivity contribution in [2.45, 2.75) is 6.42 Å². The number of hydrogen-bond acceptors (Lipinski definition) is 4. The molecule has 24 heavy (non-hydrogen) atoms. The molecule has 1 heterocycles. The standard InChI is InChI=1S/C17H14N4O3/c22-15-9-13(19-17(24)20-15)10-18-21-16(23)8-12-6-3-5-11-4-1-2-7-14(11)12/h1-7,9-10H,8H2,(H,21,23)(H2,19,20,22,24). The van der Waals surface area contributed by atoms with E-state index in [4.69, 9.17) is 0 Å². The van der Waals surface area contributed by atoms with Gasteiger partial charge in [-0.3, -0.25) is 14.6 Å². The van der Waals surface area contributed by atoms with E-state index in [-0.39, 0.29) is 18.0 Å². The van der Waals surface area contributed by atoms with E-state index in [0.29, 0.717) is 0 Å². The Morgan fingerprint density at radius 1 is 1.08 bits per heavy atom. The van der Waals surface area contributed by atoms with Gasteiger partial charge in [0.25, 0.3) is 5.56 Å². The molecule has 0 aliphatic heterocycles. The third kappa shape index (κ3) is 3.64. The van der Waals surface area contributed by atoms with E-state index < -0.39 is 11.2 Å². The van der Waals surface area contributed by atoms with E-state index in [1.165, 1.54) is 12.3 Å². The molecule has 0 saturated heterocycles.